The number of aromatic amines is 1. The number of nitrogens with zero attached hydrogens (tertiary/aromatic N) is 2. The summed E-state index contributed by atoms with van der Waals surface area (Å²) in [7, 11) is 3.15. The Bertz CT molecular complexity index is 1070. The molecule has 0 aliphatic carbocycles. The van der Waals surface area contributed by atoms with E-state index in [1.807, 2.05) is 42.5 Å². The molecular formula is C21H18N4O3. The maximum absolute atomic E-state index is 9.82. The monoisotopic (exact) mass is 374 g/mol. The summed E-state index contributed by atoms with van der Waals surface area (Å²) in [5, 5.41) is 25.3. The Morgan fingerprint density at radius 3 is 2.61 bits per heavy atom. The highest BCUT2D eigenvalue weighted by molar-refractivity contribution is 5.87. The first kappa shape index (κ1) is 17.6. The number of benzene rings is 2. The highest BCUT2D eigenvalue weighted by Crippen LogP contribution is 2.48. The van der Waals surface area contributed by atoms with Gasteiger partial charge < -0.3 is 14.2 Å². The third kappa shape index (κ3) is 2.76. The summed E-state index contributed by atoms with van der Waals surface area (Å²) < 4.78 is 16.4. The van der Waals surface area contributed by atoms with Gasteiger partial charge in [-0.25, -0.2) is 0 Å². The number of nitrogens with one attached hydrogen (secondary N) is 2. The van der Waals surface area contributed by atoms with Gasteiger partial charge in [-0.15, -0.1) is 5.10 Å². The van der Waals surface area contributed by atoms with Gasteiger partial charge in [-0.2, -0.15) is 5.26 Å². The Morgan fingerprint density at radius 1 is 1.14 bits per heavy atom. The van der Waals surface area contributed by atoms with E-state index in [1.54, 1.807) is 20.3 Å². The van der Waals surface area contributed by atoms with Crippen molar-refractivity contribution in [3.63, 3.8) is 0 Å². The second-order valence-corrected chi connectivity index (χ2v) is 6.34. The Hall–Kier alpha value is -3.79. The minimum Gasteiger partial charge on any atom is -0.497 e. The number of fused-ring (bicyclic) bond motifs is 1. The number of hydrogen-bond donors (Lipinski definition) is 2. The lowest BCUT2D eigenvalue weighted by Gasteiger charge is -2.29. The molecule has 0 radical (unpaired) electrons. The first-order valence-electron chi connectivity index (χ1n) is 8.69. The van der Waals surface area contributed by atoms with Crippen LogP contribution in [0.4, 0.5) is 0 Å². The van der Waals surface area contributed by atoms with Crippen LogP contribution in [0.5, 0.6) is 17.4 Å². The SMILES string of the molecule is COc1ccc(C2c3c(n[nH]c3-c3ccccc3)OC(=N)C2C#N)c(OC)c1. The quantitative estimate of drug-likeness (QED) is 0.724. The highest BCUT2D eigenvalue weighted by atomic mass is 16.5. The van der Waals surface area contributed by atoms with Crippen LogP contribution in [0, 0.1) is 22.7 Å². The van der Waals surface area contributed by atoms with Crippen LogP contribution in [0.25, 0.3) is 11.3 Å². The lowest BCUT2D eigenvalue weighted by Crippen LogP contribution is -2.31. The molecule has 7 nitrogen and oxygen atoms in total. The van der Waals surface area contributed by atoms with Gasteiger partial charge in [0.1, 0.15) is 17.4 Å². The Morgan fingerprint density at radius 2 is 1.93 bits per heavy atom. The van der Waals surface area contributed by atoms with Crippen molar-refractivity contribution in [2.24, 2.45) is 5.92 Å². The van der Waals surface area contributed by atoms with Gasteiger partial charge in [0.15, 0.2) is 0 Å². The van der Waals surface area contributed by atoms with E-state index in [-0.39, 0.29) is 5.90 Å². The normalized spacial score (nSPS) is 18.0. The van der Waals surface area contributed by atoms with E-state index in [1.165, 1.54) is 0 Å². The predicted octanol–water partition coefficient (Wildman–Crippen LogP) is 3.74. The lowest BCUT2D eigenvalue weighted by molar-refractivity contribution is 0.383. The van der Waals surface area contributed by atoms with Gasteiger partial charge in [0.2, 0.25) is 11.8 Å². The molecule has 2 aromatic carbocycles. The number of hydrogen-bond acceptors (Lipinski definition) is 6. The molecule has 140 valence electrons. The fraction of sp³-hybridized carbons (Fsp3) is 0.190. The number of aromatic nitrogens is 2. The van der Waals surface area contributed by atoms with E-state index < -0.39 is 11.8 Å². The number of methoxy groups -OCH3 is 2. The van der Waals surface area contributed by atoms with Gasteiger partial charge in [0, 0.05) is 17.5 Å². The molecule has 0 saturated carbocycles. The average Bonchev–Trinajstić information content (AvgIpc) is 3.16. The molecule has 1 aliphatic rings. The average molecular weight is 374 g/mol. The summed E-state index contributed by atoms with van der Waals surface area (Å²) >= 11 is 0. The van der Waals surface area contributed by atoms with Gasteiger partial charge >= 0.3 is 0 Å². The molecule has 2 N–H and O–H groups in total. The molecule has 0 fully saturated rings. The maximum Gasteiger partial charge on any atom is 0.244 e. The first-order chi connectivity index (χ1) is 13.7. The third-order valence-corrected chi connectivity index (χ3v) is 4.88. The van der Waals surface area contributed by atoms with Crippen LogP contribution in [0.3, 0.4) is 0 Å². The second kappa shape index (κ2) is 7.08. The first-order valence-corrected chi connectivity index (χ1v) is 8.69. The molecule has 1 aliphatic heterocycles. The molecule has 2 atom stereocenters. The number of H-pyrrole nitrogens is 1. The van der Waals surface area contributed by atoms with Crippen LogP contribution in [0.1, 0.15) is 17.0 Å². The number of ether oxygens (including phenoxy) is 3. The van der Waals surface area contributed by atoms with E-state index in [0.717, 1.165) is 22.4 Å². The van der Waals surface area contributed by atoms with Crippen LogP contribution in [0.15, 0.2) is 48.5 Å². The van der Waals surface area contributed by atoms with Crippen LogP contribution in [0.2, 0.25) is 0 Å². The molecule has 0 saturated heterocycles. The van der Waals surface area contributed by atoms with E-state index >= 15 is 0 Å². The second-order valence-electron chi connectivity index (χ2n) is 6.34. The molecule has 4 rings (SSSR count). The Kier molecular flexibility index (Phi) is 4.45. The molecule has 7 heteroatoms. The van der Waals surface area contributed by atoms with E-state index in [9.17, 15) is 5.26 Å². The van der Waals surface area contributed by atoms with Crippen molar-refractivity contribution >= 4 is 5.90 Å². The van der Waals surface area contributed by atoms with Crippen LogP contribution < -0.4 is 14.2 Å². The van der Waals surface area contributed by atoms with Crippen molar-refractivity contribution < 1.29 is 14.2 Å². The summed E-state index contributed by atoms with van der Waals surface area (Å²) in [4.78, 5) is 0. The topological polar surface area (TPSA) is 104 Å². The largest absolute Gasteiger partial charge is 0.497 e. The molecule has 2 unspecified atom stereocenters. The highest BCUT2D eigenvalue weighted by Gasteiger charge is 2.42. The van der Waals surface area contributed by atoms with Crippen LogP contribution in [-0.2, 0) is 0 Å². The molecule has 3 aromatic rings. The van der Waals surface area contributed by atoms with Crippen molar-refractivity contribution in [3.8, 4) is 34.7 Å². The summed E-state index contributed by atoms with van der Waals surface area (Å²) in [6.45, 7) is 0. The number of nitriles is 1. The summed E-state index contributed by atoms with van der Waals surface area (Å²) in [6.07, 6.45) is 0. The minimum absolute atomic E-state index is 0.135. The van der Waals surface area contributed by atoms with E-state index in [2.05, 4.69) is 16.3 Å². The van der Waals surface area contributed by atoms with E-state index in [4.69, 9.17) is 19.6 Å². The Balaban J connectivity index is 1.96. The van der Waals surface area contributed by atoms with Gasteiger partial charge in [0.25, 0.3) is 0 Å². The zero-order chi connectivity index (χ0) is 19.7. The standard InChI is InChI=1S/C21H18N4O3/c1-26-13-8-9-14(16(10-13)27-2)17-15(11-22)20(23)28-21-18(17)19(24-25-21)12-6-4-3-5-7-12/h3-10,15,17,23H,1-2H3,(H,24,25). The van der Waals surface area contributed by atoms with Gasteiger partial charge in [-0.05, 0) is 11.6 Å². The van der Waals surface area contributed by atoms with Crippen molar-refractivity contribution in [2.45, 2.75) is 5.92 Å². The third-order valence-electron chi connectivity index (χ3n) is 4.88. The minimum atomic E-state index is -0.810. The fourth-order valence-electron chi connectivity index (χ4n) is 3.55. The molecule has 0 amide bonds. The summed E-state index contributed by atoms with van der Waals surface area (Å²) in [6, 6.07) is 17.4. The number of rotatable bonds is 4. The smallest absolute Gasteiger partial charge is 0.244 e. The lowest BCUT2D eigenvalue weighted by atomic mass is 9.78. The molecule has 28 heavy (non-hydrogen) atoms. The van der Waals surface area contributed by atoms with Gasteiger partial charge in [-0.1, -0.05) is 36.4 Å². The summed E-state index contributed by atoms with van der Waals surface area (Å²) in [5.41, 5.74) is 3.17. The molecule has 0 bridgehead atoms. The molecule has 1 aromatic heterocycles. The Labute approximate surface area is 162 Å². The van der Waals surface area contributed by atoms with Gasteiger partial charge in [-0.3, -0.25) is 10.5 Å². The van der Waals surface area contributed by atoms with Crippen LogP contribution >= 0.6 is 0 Å². The van der Waals surface area contributed by atoms with Gasteiger partial charge in [0.05, 0.1) is 31.5 Å². The van der Waals surface area contributed by atoms with Crippen molar-refractivity contribution in [2.75, 3.05) is 14.2 Å². The van der Waals surface area contributed by atoms with Crippen molar-refractivity contribution in [3.05, 3.63) is 59.7 Å². The molecular weight excluding hydrogens is 356 g/mol. The maximum atomic E-state index is 9.82. The van der Waals surface area contributed by atoms with Crippen molar-refractivity contribution in [1.82, 2.24) is 10.2 Å². The fourth-order valence-corrected chi connectivity index (χ4v) is 3.55. The van der Waals surface area contributed by atoms with Crippen molar-refractivity contribution in [1.29, 1.82) is 10.7 Å². The predicted molar refractivity (Wildman–Crippen MR) is 103 cm³/mol. The zero-order valence-electron chi connectivity index (χ0n) is 15.4. The van der Waals surface area contributed by atoms with Crippen LogP contribution in [-0.4, -0.2) is 30.3 Å². The molecule has 2 heterocycles. The molecule has 0 spiro atoms. The summed E-state index contributed by atoms with van der Waals surface area (Å²) in [5.74, 6) is 0.102. The van der Waals surface area contributed by atoms with E-state index in [0.29, 0.717) is 17.4 Å². The zero-order valence-corrected chi connectivity index (χ0v) is 15.4.